The van der Waals surface area contributed by atoms with Gasteiger partial charge in [-0.15, -0.1) is 4.40 Å². The summed E-state index contributed by atoms with van der Waals surface area (Å²) in [5.74, 6) is 0.475. The molecule has 0 radical (unpaired) electrons. The standard InChI is InChI=1S/C22H29N5O5S/c1-7-22(3,4)18(16-12-11-13(2)32-16)24-20-19(25-33(30,31)26-20)23-15-10-8-9-14(17(15)28)21(29)27(5)6/h8-12,18,28H,7H2,1-6H3,(H,23,25)(H,24,26)/t18-/m0/s1. The highest BCUT2D eigenvalue weighted by Crippen LogP contribution is 2.40. The third-order valence-electron chi connectivity index (χ3n) is 5.53. The molecular formula is C22H29N5O5S. The Bertz CT molecular complexity index is 1230. The van der Waals surface area contributed by atoms with Gasteiger partial charge in [0.1, 0.15) is 17.6 Å². The maximum absolute atomic E-state index is 12.3. The number of para-hydroxylation sites is 1. The Labute approximate surface area is 193 Å². The van der Waals surface area contributed by atoms with Gasteiger partial charge in [0, 0.05) is 14.1 Å². The lowest BCUT2D eigenvalue weighted by atomic mass is 9.81. The average molecular weight is 476 g/mol. The molecule has 0 saturated carbocycles. The summed E-state index contributed by atoms with van der Waals surface area (Å²) in [6.45, 7) is 7.86. The third kappa shape index (κ3) is 5.19. The van der Waals surface area contributed by atoms with Crippen molar-refractivity contribution in [2.75, 3.05) is 19.4 Å². The second-order valence-electron chi connectivity index (χ2n) is 8.71. The molecular weight excluding hydrogens is 446 g/mol. The van der Waals surface area contributed by atoms with Crippen molar-refractivity contribution in [3.8, 4) is 5.75 Å². The normalized spacial score (nSPS) is 17.4. The monoisotopic (exact) mass is 475 g/mol. The Kier molecular flexibility index (Phi) is 6.55. The van der Waals surface area contributed by atoms with Crippen LogP contribution in [0.15, 0.2) is 44.1 Å². The maximum Gasteiger partial charge on any atom is 0.345 e. The number of amides is 1. The van der Waals surface area contributed by atoms with Gasteiger partial charge < -0.3 is 19.7 Å². The van der Waals surface area contributed by atoms with Crippen LogP contribution in [-0.2, 0) is 10.2 Å². The van der Waals surface area contributed by atoms with Crippen LogP contribution in [0.25, 0.3) is 0 Å². The van der Waals surface area contributed by atoms with E-state index in [0.29, 0.717) is 11.5 Å². The number of carbonyl (C=O) groups is 1. The van der Waals surface area contributed by atoms with Crippen molar-refractivity contribution in [2.24, 2.45) is 14.8 Å². The van der Waals surface area contributed by atoms with Crippen LogP contribution >= 0.6 is 0 Å². The second-order valence-corrected chi connectivity index (χ2v) is 10.1. The number of amidine groups is 2. The van der Waals surface area contributed by atoms with E-state index < -0.39 is 22.2 Å². The molecule has 0 saturated heterocycles. The fraction of sp³-hybridized carbons (Fsp3) is 0.409. The van der Waals surface area contributed by atoms with Crippen LogP contribution in [0, 0.1) is 12.3 Å². The van der Waals surface area contributed by atoms with Gasteiger partial charge >= 0.3 is 10.2 Å². The molecule has 178 valence electrons. The molecule has 3 N–H and O–H groups in total. The summed E-state index contributed by atoms with van der Waals surface area (Å²) < 4.78 is 36.4. The number of aryl methyl sites for hydroxylation is 1. The molecule has 0 spiro atoms. The van der Waals surface area contributed by atoms with E-state index in [2.05, 4.69) is 19.4 Å². The van der Waals surface area contributed by atoms with E-state index in [1.54, 1.807) is 20.2 Å². The molecule has 0 aliphatic carbocycles. The van der Waals surface area contributed by atoms with Gasteiger partial charge in [-0.25, -0.2) is 4.72 Å². The lowest BCUT2D eigenvalue weighted by Crippen LogP contribution is -2.33. The minimum Gasteiger partial charge on any atom is -0.505 e. The van der Waals surface area contributed by atoms with Gasteiger partial charge in [0.05, 0.1) is 11.3 Å². The van der Waals surface area contributed by atoms with E-state index in [1.807, 2.05) is 39.8 Å². The molecule has 0 bridgehead atoms. The van der Waals surface area contributed by atoms with Crippen molar-refractivity contribution in [1.82, 2.24) is 9.62 Å². The first kappa shape index (κ1) is 24.3. The van der Waals surface area contributed by atoms with E-state index in [9.17, 15) is 18.3 Å². The summed E-state index contributed by atoms with van der Waals surface area (Å²) in [6, 6.07) is 7.69. The molecule has 2 aromatic rings. The Morgan fingerprint density at radius 3 is 2.58 bits per heavy atom. The van der Waals surface area contributed by atoms with Crippen molar-refractivity contribution in [2.45, 2.75) is 40.2 Å². The molecule has 1 aromatic carbocycles. The summed E-state index contributed by atoms with van der Waals surface area (Å²) in [7, 11) is -0.904. The molecule has 1 amide bonds. The van der Waals surface area contributed by atoms with E-state index in [4.69, 9.17) is 4.42 Å². The van der Waals surface area contributed by atoms with Crippen molar-refractivity contribution < 1.29 is 22.7 Å². The highest BCUT2D eigenvalue weighted by Gasteiger charge is 2.35. The first-order valence-corrected chi connectivity index (χ1v) is 11.9. The Morgan fingerprint density at radius 2 is 2.00 bits per heavy atom. The molecule has 1 aliphatic heterocycles. The minimum atomic E-state index is -4.04. The van der Waals surface area contributed by atoms with E-state index >= 15 is 0 Å². The van der Waals surface area contributed by atoms with Crippen molar-refractivity contribution in [3.63, 3.8) is 0 Å². The average Bonchev–Trinajstić information content (AvgIpc) is 3.28. The number of hydrogen-bond acceptors (Lipinski definition) is 7. The Morgan fingerprint density at radius 1 is 1.30 bits per heavy atom. The first-order chi connectivity index (χ1) is 15.3. The number of furan rings is 1. The fourth-order valence-corrected chi connectivity index (χ4v) is 4.07. The Hall–Kier alpha value is -3.34. The topological polar surface area (TPSA) is 137 Å². The number of nitrogens with one attached hydrogen (secondary N) is 2. The minimum absolute atomic E-state index is 0.0145. The van der Waals surface area contributed by atoms with Crippen LogP contribution in [0.2, 0.25) is 0 Å². The number of aliphatic imine (C=N–C) groups is 1. The fourth-order valence-electron chi connectivity index (χ4n) is 3.26. The number of hydrogen-bond donors (Lipinski definition) is 3. The van der Waals surface area contributed by atoms with Crippen molar-refractivity contribution >= 4 is 33.5 Å². The zero-order chi connectivity index (χ0) is 24.6. The number of rotatable bonds is 6. The van der Waals surface area contributed by atoms with Gasteiger partial charge in [-0.3, -0.25) is 9.79 Å². The van der Waals surface area contributed by atoms with Crippen LogP contribution in [0.4, 0.5) is 5.69 Å². The summed E-state index contributed by atoms with van der Waals surface area (Å²) in [5.41, 5.74) is -0.182. The summed E-state index contributed by atoms with van der Waals surface area (Å²) >= 11 is 0. The highest BCUT2D eigenvalue weighted by molar-refractivity contribution is 7.89. The first-order valence-electron chi connectivity index (χ1n) is 10.4. The van der Waals surface area contributed by atoms with Crippen molar-refractivity contribution in [3.05, 3.63) is 47.4 Å². The predicted molar refractivity (Wildman–Crippen MR) is 127 cm³/mol. The highest BCUT2D eigenvalue weighted by atomic mass is 32.2. The molecule has 0 unspecified atom stereocenters. The van der Waals surface area contributed by atoms with E-state index in [-0.39, 0.29) is 34.1 Å². The zero-order valence-electron chi connectivity index (χ0n) is 19.5. The number of anilines is 1. The molecule has 1 atom stereocenters. The van der Waals surface area contributed by atoms with E-state index in [1.165, 1.54) is 17.0 Å². The smallest absolute Gasteiger partial charge is 0.345 e. The quantitative estimate of drug-likeness (QED) is 0.549. The molecule has 1 aromatic heterocycles. The SMILES string of the molecule is CCC(C)(C)[C@@H](N=C1NS(=O)(=O)N=C1Nc1cccc(C(=O)N(C)C)c1O)c1ccc(C)o1. The lowest BCUT2D eigenvalue weighted by molar-refractivity contribution is 0.0824. The van der Waals surface area contributed by atoms with Crippen LogP contribution < -0.4 is 10.0 Å². The second kappa shape index (κ2) is 8.89. The number of nitrogens with zero attached hydrogens (tertiary/aromatic N) is 3. The molecule has 0 fully saturated rings. The van der Waals surface area contributed by atoms with Crippen LogP contribution in [0.5, 0.6) is 5.75 Å². The predicted octanol–water partition coefficient (Wildman–Crippen LogP) is 3.23. The van der Waals surface area contributed by atoms with Crippen LogP contribution in [0.3, 0.4) is 0 Å². The van der Waals surface area contributed by atoms with Gasteiger partial charge in [0.25, 0.3) is 5.91 Å². The molecule has 1 aliphatic rings. The van der Waals surface area contributed by atoms with Gasteiger partial charge in [-0.05, 0) is 43.0 Å². The summed E-state index contributed by atoms with van der Waals surface area (Å²) in [6.07, 6.45) is 0.746. The number of carbonyl (C=O) groups excluding carboxylic acids is 1. The summed E-state index contributed by atoms with van der Waals surface area (Å²) in [4.78, 5) is 18.3. The molecule has 2 heterocycles. The number of aromatic hydroxyl groups is 1. The molecule has 10 nitrogen and oxygen atoms in total. The molecule has 11 heteroatoms. The number of phenolic OH excluding ortho intramolecular Hbond substituents is 1. The number of phenols is 1. The van der Waals surface area contributed by atoms with Crippen LogP contribution in [-0.4, -0.2) is 50.1 Å². The zero-order valence-corrected chi connectivity index (χ0v) is 20.3. The van der Waals surface area contributed by atoms with Gasteiger partial charge in [-0.2, -0.15) is 8.42 Å². The Balaban J connectivity index is 2.04. The largest absolute Gasteiger partial charge is 0.505 e. The molecule has 3 rings (SSSR count). The van der Waals surface area contributed by atoms with Crippen molar-refractivity contribution in [1.29, 1.82) is 0 Å². The van der Waals surface area contributed by atoms with Gasteiger partial charge in [0.2, 0.25) is 0 Å². The maximum atomic E-state index is 12.3. The van der Waals surface area contributed by atoms with E-state index in [0.717, 1.165) is 6.42 Å². The third-order valence-corrected chi connectivity index (χ3v) is 6.40. The van der Waals surface area contributed by atoms with Crippen LogP contribution in [0.1, 0.15) is 55.1 Å². The summed E-state index contributed by atoms with van der Waals surface area (Å²) in [5, 5.41) is 13.4. The number of benzene rings is 1. The molecule has 33 heavy (non-hydrogen) atoms. The lowest BCUT2D eigenvalue weighted by Gasteiger charge is -2.29. The van der Waals surface area contributed by atoms with Gasteiger partial charge in [-0.1, -0.05) is 26.8 Å². The van der Waals surface area contributed by atoms with Gasteiger partial charge in [0.15, 0.2) is 17.4 Å².